The zero-order valence-electron chi connectivity index (χ0n) is 17.3. The molecule has 0 spiro atoms. The van der Waals surface area contributed by atoms with E-state index in [1.807, 2.05) is 49.5 Å². The SMILES string of the molecule is Cn1cc(CN2CCO[C@H](c3cccc(Nc4ccccn4)n3)C2)c2cc(F)ccc21. The number of anilines is 2. The van der Waals surface area contributed by atoms with Gasteiger partial charge in [-0.3, -0.25) is 4.90 Å². The molecule has 0 radical (unpaired) electrons. The lowest BCUT2D eigenvalue weighted by molar-refractivity contribution is -0.0348. The van der Waals surface area contributed by atoms with E-state index in [-0.39, 0.29) is 11.9 Å². The Kier molecular flexibility index (Phi) is 5.36. The second-order valence-corrected chi connectivity index (χ2v) is 7.81. The number of halogens is 1. The average molecular weight is 417 g/mol. The molecule has 4 aromatic rings. The van der Waals surface area contributed by atoms with Crippen LogP contribution in [0.5, 0.6) is 0 Å². The highest BCUT2D eigenvalue weighted by Crippen LogP contribution is 2.27. The molecular weight excluding hydrogens is 393 g/mol. The number of morpholine rings is 1. The van der Waals surface area contributed by atoms with Crippen LogP contribution in [0.4, 0.5) is 16.0 Å². The van der Waals surface area contributed by atoms with Crippen LogP contribution >= 0.6 is 0 Å². The predicted molar refractivity (Wildman–Crippen MR) is 119 cm³/mol. The van der Waals surface area contributed by atoms with E-state index in [4.69, 9.17) is 9.72 Å². The van der Waals surface area contributed by atoms with Crippen LogP contribution in [0, 0.1) is 5.82 Å². The maximum atomic E-state index is 13.8. The van der Waals surface area contributed by atoms with E-state index in [1.165, 1.54) is 6.07 Å². The van der Waals surface area contributed by atoms with Crippen LogP contribution < -0.4 is 5.32 Å². The van der Waals surface area contributed by atoms with Gasteiger partial charge in [-0.25, -0.2) is 14.4 Å². The van der Waals surface area contributed by atoms with Crippen LogP contribution in [0.15, 0.2) is 67.0 Å². The molecule has 1 aliphatic heterocycles. The third-order valence-corrected chi connectivity index (χ3v) is 5.60. The summed E-state index contributed by atoms with van der Waals surface area (Å²) in [5, 5.41) is 4.20. The van der Waals surface area contributed by atoms with Crippen molar-refractivity contribution in [2.45, 2.75) is 12.6 Å². The first-order valence-electron chi connectivity index (χ1n) is 10.4. The number of rotatable bonds is 5. The molecular formula is C24H24FN5O. The van der Waals surface area contributed by atoms with Crippen molar-refractivity contribution in [2.75, 3.05) is 25.0 Å². The van der Waals surface area contributed by atoms with Gasteiger partial charge >= 0.3 is 0 Å². The van der Waals surface area contributed by atoms with Crippen molar-refractivity contribution in [3.63, 3.8) is 0 Å². The molecule has 1 saturated heterocycles. The maximum absolute atomic E-state index is 13.8. The zero-order valence-corrected chi connectivity index (χ0v) is 17.3. The molecule has 4 heterocycles. The summed E-state index contributed by atoms with van der Waals surface area (Å²) in [5.41, 5.74) is 3.04. The lowest BCUT2D eigenvalue weighted by Crippen LogP contribution is -2.38. The van der Waals surface area contributed by atoms with Gasteiger partial charge in [-0.05, 0) is 48.0 Å². The minimum Gasteiger partial charge on any atom is -0.369 e. The second-order valence-electron chi connectivity index (χ2n) is 7.81. The quantitative estimate of drug-likeness (QED) is 0.521. The number of nitrogens with one attached hydrogen (secondary N) is 1. The molecule has 0 unspecified atom stereocenters. The van der Waals surface area contributed by atoms with Gasteiger partial charge in [-0.2, -0.15) is 0 Å². The Labute approximate surface area is 180 Å². The third-order valence-electron chi connectivity index (χ3n) is 5.60. The van der Waals surface area contributed by atoms with Crippen LogP contribution in [0.25, 0.3) is 10.9 Å². The Bertz CT molecular complexity index is 1190. The molecule has 6 nitrogen and oxygen atoms in total. The topological polar surface area (TPSA) is 55.2 Å². The number of aryl methyl sites for hydroxylation is 1. The molecule has 1 atom stereocenters. The molecule has 7 heteroatoms. The number of nitrogens with zero attached hydrogens (tertiary/aromatic N) is 4. The van der Waals surface area contributed by atoms with E-state index < -0.39 is 0 Å². The minimum absolute atomic E-state index is 0.119. The third kappa shape index (κ3) is 4.28. The molecule has 0 amide bonds. The Hall–Kier alpha value is -3.29. The fraction of sp³-hybridized carbons (Fsp3) is 0.250. The molecule has 3 aromatic heterocycles. The molecule has 1 fully saturated rings. The first kappa shape index (κ1) is 19.7. The van der Waals surface area contributed by atoms with Gasteiger partial charge in [0.1, 0.15) is 23.6 Å². The van der Waals surface area contributed by atoms with Crippen LogP contribution in [-0.4, -0.2) is 39.1 Å². The number of hydrogen-bond donors (Lipinski definition) is 1. The van der Waals surface area contributed by atoms with E-state index in [0.717, 1.165) is 53.4 Å². The van der Waals surface area contributed by atoms with Gasteiger partial charge in [0.2, 0.25) is 0 Å². The van der Waals surface area contributed by atoms with Crippen molar-refractivity contribution >= 4 is 22.5 Å². The summed E-state index contributed by atoms with van der Waals surface area (Å²) < 4.78 is 21.9. The smallest absolute Gasteiger partial charge is 0.131 e. The Balaban J connectivity index is 1.32. The standard InChI is InChI=1S/C24H24FN5O/c1-29-14-17(19-13-18(25)8-9-21(19)29)15-30-11-12-31-22(16-30)20-5-4-7-24(27-20)28-23-6-2-3-10-26-23/h2-10,13-14,22H,11-12,15-16H2,1H3,(H,26,27,28)/t22-/m0/s1. The van der Waals surface area contributed by atoms with Crippen molar-refractivity contribution < 1.29 is 9.13 Å². The van der Waals surface area contributed by atoms with Crippen LogP contribution in [0.1, 0.15) is 17.4 Å². The Morgan fingerprint density at radius 3 is 2.90 bits per heavy atom. The van der Waals surface area contributed by atoms with E-state index >= 15 is 0 Å². The van der Waals surface area contributed by atoms with Crippen molar-refractivity contribution in [1.29, 1.82) is 0 Å². The fourth-order valence-corrected chi connectivity index (χ4v) is 4.11. The first-order valence-corrected chi connectivity index (χ1v) is 10.4. The van der Waals surface area contributed by atoms with Crippen molar-refractivity contribution in [1.82, 2.24) is 19.4 Å². The number of fused-ring (bicyclic) bond motifs is 1. The predicted octanol–water partition coefficient (Wildman–Crippen LogP) is 4.42. The Morgan fingerprint density at radius 1 is 1.13 bits per heavy atom. The summed E-state index contributed by atoms with van der Waals surface area (Å²) in [6, 6.07) is 16.6. The van der Waals surface area contributed by atoms with E-state index in [0.29, 0.717) is 6.61 Å². The highest BCUT2D eigenvalue weighted by atomic mass is 19.1. The number of aromatic nitrogens is 3. The number of pyridine rings is 2. The van der Waals surface area contributed by atoms with Gasteiger partial charge in [0.25, 0.3) is 0 Å². The summed E-state index contributed by atoms with van der Waals surface area (Å²) in [7, 11) is 2.00. The summed E-state index contributed by atoms with van der Waals surface area (Å²) >= 11 is 0. The molecule has 31 heavy (non-hydrogen) atoms. The van der Waals surface area contributed by atoms with Gasteiger partial charge in [0.05, 0.1) is 12.3 Å². The van der Waals surface area contributed by atoms with E-state index in [2.05, 4.69) is 26.0 Å². The highest BCUT2D eigenvalue weighted by Gasteiger charge is 2.24. The molecule has 0 saturated carbocycles. The lowest BCUT2D eigenvalue weighted by Gasteiger charge is -2.32. The van der Waals surface area contributed by atoms with Gasteiger partial charge in [0.15, 0.2) is 0 Å². The van der Waals surface area contributed by atoms with Crippen molar-refractivity contribution in [3.8, 4) is 0 Å². The monoisotopic (exact) mass is 417 g/mol. The minimum atomic E-state index is -0.207. The fourth-order valence-electron chi connectivity index (χ4n) is 4.11. The van der Waals surface area contributed by atoms with Gasteiger partial charge in [0, 0.05) is 50.0 Å². The van der Waals surface area contributed by atoms with E-state index in [9.17, 15) is 4.39 Å². The number of ether oxygens (including phenoxy) is 1. The van der Waals surface area contributed by atoms with Gasteiger partial charge < -0.3 is 14.6 Å². The van der Waals surface area contributed by atoms with Gasteiger partial charge in [-0.15, -0.1) is 0 Å². The number of hydrogen-bond acceptors (Lipinski definition) is 5. The van der Waals surface area contributed by atoms with Crippen LogP contribution in [0.3, 0.4) is 0 Å². The molecule has 0 bridgehead atoms. The van der Waals surface area contributed by atoms with Crippen LogP contribution in [-0.2, 0) is 18.3 Å². The summed E-state index contributed by atoms with van der Waals surface area (Å²) in [6.45, 7) is 2.93. The molecule has 1 aromatic carbocycles. The average Bonchev–Trinajstić information content (AvgIpc) is 3.09. The zero-order chi connectivity index (χ0) is 21.2. The lowest BCUT2D eigenvalue weighted by atomic mass is 10.1. The summed E-state index contributed by atoms with van der Waals surface area (Å²) in [4.78, 5) is 11.4. The molecule has 158 valence electrons. The normalized spacial score (nSPS) is 17.2. The van der Waals surface area contributed by atoms with Crippen molar-refractivity contribution in [2.24, 2.45) is 7.05 Å². The van der Waals surface area contributed by atoms with Gasteiger partial charge in [-0.1, -0.05) is 12.1 Å². The maximum Gasteiger partial charge on any atom is 0.131 e. The van der Waals surface area contributed by atoms with Crippen molar-refractivity contribution in [3.05, 3.63) is 84.1 Å². The van der Waals surface area contributed by atoms with Crippen LogP contribution in [0.2, 0.25) is 0 Å². The molecule has 0 aliphatic carbocycles. The second kappa shape index (κ2) is 8.45. The molecule has 5 rings (SSSR count). The molecule has 1 N–H and O–H groups in total. The number of benzene rings is 1. The highest BCUT2D eigenvalue weighted by molar-refractivity contribution is 5.84. The summed E-state index contributed by atoms with van der Waals surface area (Å²) in [5.74, 6) is 1.28. The largest absolute Gasteiger partial charge is 0.369 e. The molecule has 1 aliphatic rings. The Morgan fingerprint density at radius 2 is 2.03 bits per heavy atom. The first-order chi connectivity index (χ1) is 15.2. The van der Waals surface area contributed by atoms with E-state index in [1.54, 1.807) is 12.3 Å². The summed E-state index contributed by atoms with van der Waals surface area (Å²) in [6.07, 6.45) is 3.71.